The molecule has 0 aromatic heterocycles. The van der Waals surface area contributed by atoms with Crippen molar-refractivity contribution in [3.8, 4) is 11.5 Å². The lowest BCUT2D eigenvalue weighted by Gasteiger charge is -2.09. The first-order valence-electron chi connectivity index (χ1n) is 5.81. The van der Waals surface area contributed by atoms with Gasteiger partial charge in [-0.3, -0.25) is 14.9 Å². The third-order valence-corrected chi connectivity index (χ3v) is 3.21. The van der Waals surface area contributed by atoms with Crippen LogP contribution in [0.2, 0.25) is 10.0 Å². The highest BCUT2D eigenvalue weighted by atomic mass is 35.5. The Labute approximate surface area is 130 Å². The number of carbonyl (C=O) groups excluding carboxylic acids is 1. The van der Waals surface area contributed by atoms with E-state index in [1.807, 2.05) is 0 Å². The third kappa shape index (κ3) is 3.51. The van der Waals surface area contributed by atoms with Gasteiger partial charge in [0.25, 0.3) is 0 Å². The summed E-state index contributed by atoms with van der Waals surface area (Å²) in [6.45, 7) is 1.41. The molecule has 2 aromatic rings. The molecule has 0 fully saturated rings. The number of hydrogen-bond donors (Lipinski definition) is 0. The van der Waals surface area contributed by atoms with E-state index in [0.29, 0.717) is 5.56 Å². The Bertz CT molecular complexity index is 731. The summed E-state index contributed by atoms with van der Waals surface area (Å²) in [5, 5.41) is 11.4. The standard InChI is InChI=1S/C14H9Cl2NO4/c1-8(18)9-2-4-13(11(16)6-9)21-14-5-3-10(15)7-12(14)17(19)20/h2-7H,1H3. The number of nitro groups is 1. The van der Waals surface area contributed by atoms with Gasteiger partial charge in [-0.25, -0.2) is 0 Å². The zero-order valence-corrected chi connectivity index (χ0v) is 12.3. The summed E-state index contributed by atoms with van der Waals surface area (Å²) in [6.07, 6.45) is 0. The molecule has 0 bridgehead atoms. The number of ketones is 1. The van der Waals surface area contributed by atoms with Crippen molar-refractivity contribution in [2.24, 2.45) is 0 Å². The summed E-state index contributed by atoms with van der Waals surface area (Å²) >= 11 is 11.7. The number of nitro benzene ring substituents is 1. The number of Topliss-reactive ketones (excluding diaryl/α,β-unsaturated/α-hetero) is 1. The molecule has 5 nitrogen and oxygen atoms in total. The van der Waals surface area contributed by atoms with Crippen molar-refractivity contribution < 1.29 is 14.5 Å². The Morgan fingerprint density at radius 2 is 1.81 bits per heavy atom. The summed E-state index contributed by atoms with van der Waals surface area (Å²) < 4.78 is 5.45. The topological polar surface area (TPSA) is 69.4 Å². The van der Waals surface area contributed by atoms with Gasteiger partial charge in [0.1, 0.15) is 5.75 Å². The molecule has 0 saturated heterocycles. The predicted octanol–water partition coefficient (Wildman–Crippen LogP) is 4.90. The quantitative estimate of drug-likeness (QED) is 0.455. The van der Waals surface area contributed by atoms with Gasteiger partial charge in [0.2, 0.25) is 5.75 Å². The molecular weight excluding hydrogens is 317 g/mol. The molecular formula is C14H9Cl2NO4. The van der Waals surface area contributed by atoms with E-state index in [1.165, 1.54) is 43.3 Å². The van der Waals surface area contributed by atoms with Crippen LogP contribution in [0.5, 0.6) is 11.5 Å². The normalized spacial score (nSPS) is 10.2. The van der Waals surface area contributed by atoms with E-state index in [4.69, 9.17) is 27.9 Å². The number of hydrogen-bond acceptors (Lipinski definition) is 4. The Balaban J connectivity index is 2.39. The van der Waals surface area contributed by atoms with Crippen LogP contribution in [-0.2, 0) is 0 Å². The highest BCUT2D eigenvalue weighted by Crippen LogP contribution is 2.36. The van der Waals surface area contributed by atoms with Crippen molar-refractivity contribution in [2.75, 3.05) is 0 Å². The maximum absolute atomic E-state index is 11.2. The smallest absolute Gasteiger partial charge is 0.313 e. The van der Waals surface area contributed by atoms with E-state index >= 15 is 0 Å². The first-order valence-corrected chi connectivity index (χ1v) is 6.56. The van der Waals surface area contributed by atoms with E-state index < -0.39 is 4.92 Å². The second kappa shape index (κ2) is 6.11. The van der Waals surface area contributed by atoms with Crippen LogP contribution in [0.15, 0.2) is 36.4 Å². The fourth-order valence-electron chi connectivity index (χ4n) is 1.64. The van der Waals surface area contributed by atoms with Crippen LogP contribution in [-0.4, -0.2) is 10.7 Å². The summed E-state index contributed by atoms with van der Waals surface area (Å²) in [6, 6.07) is 8.51. The monoisotopic (exact) mass is 325 g/mol. The van der Waals surface area contributed by atoms with Gasteiger partial charge in [0.15, 0.2) is 5.78 Å². The van der Waals surface area contributed by atoms with Crippen LogP contribution in [0.3, 0.4) is 0 Å². The van der Waals surface area contributed by atoms with Gasteiger partial charge in [-0.05, 0) is 37.3 Å². The Kier molecular flexibility index (Phi) is 4.45. The average molecular weight is 326 g/mol. The second-order valence-corrected chi connectivity index (χ2v) is 5.02. The lowest BCUT2D eigenvalue weighted by atomic mass is 10.1. The number of nitrogens with zero attached hydrogens (tertiary/aromatic N) is 1. The number of benzene rings is 2. The van der Waals surface area contributed by atoms with Crippen molar-refractivity contribution in [2.45, 2.75) is 6.92 Å². The van der Waals surface area contributed by atoms with Crippen LogP contribution in [0.4, 0.5) is 5.69 Å². The van der Waals surface area contributed by atoms with Gasteiger partial charge in [-0.15, -0.1) is 0 Å². The maximum Gasteiger partial charge on any atom is 0.313 e. The van der Waals surface area contributed by atoms with Crippen molar-refractivity contribution in [1.82, 2.24) is 0 Å². The molecule has 0 radical (unpaired) electrons. The second-order valence-electron chi connectivity index (χ2n) is 4.17. The molecule has 7 heteroatoms. The Morgan fingerprint density at radius 3 is 2.38 bits per heavy atom. The lowest BCUT2D eigenvalue weighted by molar-refractivity contribution is -0.385. The van der Waals surface area contributed by atoms with Crippen molar-refractivity contribution >= 4 is 34.7 Å². The van der Waals surface area contributed by atoms with Gasteiger partial charge >= 0.3 is 5.69 Å². The first kappa shape index (κ1) is 15.3. The highest BCUT2D eigenvalue weighted by Gasteiger charge is 2.17. The van der Waals surface area contributed by atoms with E-state index in [2.05, 4.69) is 0 Å². The SMILES string of the molecule is CC(=O)c1ccc(Oc2ccc(Cl)cc2[N+](=O)[O-])c(Cl)c1. The van der Waals surface area contributed by atoms with E-state index in [-0.39, 0.29) is 33.0 Å². The molecule has 0 N–H and O–H groups in total. The summed E-state index contributed by atoms with van der Waals surface area (Å²) in [4.78, 5) is 21.6. The van der Waals surface area contributed by atoms with Crippen LogP contribution in [0.25, 0.3) is 0 Å². The molecule has 0 amide bonds. The fraction of sp³-hybridized carbons (Fsp3) is 0.0714. The number of halogens is 2. The van der Waals surface area contributed by atoms with Crippen LogP contribution in [0, 0.1) is 10.1 Å². The molecule has 0 spiro atoms. The summed E-state index contributed by atoms with van der Waals surface area (Å²) in [5.74, 6) is 0.0925. The highest BCUT2D eigenvalue weighted by molar-refractivity contribution is 6.32. The molecule has 21 heavy (non-hydrogen) atoms. The lowest BCUT2D eigenvalue weighted by Crippen LogP contribution is -1.95. The van der Waals surface area contributed by atoms with Gasteiger partial charge < -0.3 is 4.74 Å². The average Bonchev–Trinajstić information content (AvgIpc) is 2.42. The van der Waals surface area contributed by atoms with Crippen LogP contribution in [0.1, 0.15) is 17.3 Å². The molecule has 108 valence electrons. The number of rotatable bonds is 4. The molecule has 0 saturated carbocycles. The summed E-state index contributed by atoms with van der Waals surface area (Å²) in [5.41, 5.74) is 0.159. The van der Waals surface area contributed by atoms with Gasteiger partial charge in [-0.1, -0.05) is 23.2 Å². The first-order chi connectivity index (χ1) is 9.88. The molecule has 2 aromatic carbocycles. The van der Waals surface area contributed by atoms with E-state index in [0.717, 1.165) is 0 Å². The Morgan fingerprint density at radius 1 is 1.14 bits per heavy atom. The van der Waals surface area contributed by atoms with Crippen molar-refractivity contribution in [3.05, 3.63) is 62.1 Å². The fourth-order valence-corrected chi connectivity index (χ4v) is 2.03. The molecule has 0 unspecified atom stereocenters. The van der Waals surface area contributed by atoms with Crippen molar-refractivity contribution in [1.29, 1.82) is 0 Å². The van der Waals surface area contributed by atoms with Gasteiger partial charge in [0, 0.05) is 16.7 Å². The van der Waals surface area contributed by atoms with Crippen molar-refractivity contribution in [3.63, 3.8) is 0 Å². The Hall–Kier alpha value is -2.11. The third-order valence-electron chi connectivity index (χ3n) is 2.68. The van der Waals surface area contributed by atoms with Crippen LogP contribution < -0.4 is 4.74 Å². The molecule has 0 aliphatic rings. The van der Waals surface area contributed by atoms with Gasteiger partial charge in [0.05, 0.1) is 9.95 Å². The molecule has 0 aliphatic heterocycles. The zero-order chi connectivity index (χ0) is 15.6. The van der Waals surface area contributed by atoms with Crippen LogP contribution >= 0.6 is 23.2 Å². The minimum absolute atomic E-state index is 0.0156. The number of ether oxygens (including phenoxy) is 1. The predicted molar refractivity (Wildman–Crippen MR) is 79.6 cm³/mol. The minimum Gasteiger partial charge on any atom is -0.449 e. The molecule has 0 aliphatic carbocycles. The summed E-state index contributed by atoms with van der Waals surface area (Å²) in [7, 11) is 0. The number of carbonyl (C=O) groups is 1. The maximum atomic E-state index is 11.2. The van der Waals surface area contributed by atoms with E-state index in [9.17, 15) is 14.9 Å². The zero-order valence-electron chi connectivity index (χ0n) is 10.8. The molecule has 2 rings (SSSR count). The largest absolute Gasteiger partial charge is 0.449 e. The molecule has 0 heterocycles. The molecule has 0 atom stereocenters. The van der Waals surface area contributed by atoms with E-state index in [1.54, 1.807) is 0 Å². The minimum atomic E-state index is -0.598. The van der Waals surface area contributed by atoms with Gasteiger partial charge in [-0.2, -0.15) is 0 Å².